The predicted molar refractivity (Wildman–Crippen MR) is 22.6 cm³/mol. The van der Waals surface area contributed by atoms with Gasteiger partial charge in [-0.05, 0) is 0 Å². The molecule has 0 saturated heterocycles. The first-order valence-electron chi connectivity index (χ1n) is 1.67. The summed E-state index contributed by atoms with van der Waals surface area (Å²) in [5.41, 5.74) is 0. The fourth-order valence-corrected chi connectivity index (χ4v) is 0.0518. The van der Waals surface area contributed by atoms with Crippen molar-refractivity contribution in [1.29, 1.82) is 5.41 Å². The maximum Gasteiger partial charge on any atom is 0.513 e. The highest BCUT2D eigenvalue weighted by Crippen LogP contribution is 2.13. The molecule has 10 heavy (non-hydrogen) atoms. The standard InChI is InChI=1S/C2F3NO.CHNO/c3-2(4,5)6-1-7;2-1-3/h;2H. The lowest BCUT2D eigenvalue weighted by Crippen LogP contribution is -1.99. The van der Waals surface area contributed by atoms with Gasteiger partial charge < -0.3 is 0 Å². The summed E-state index contributed by atoms with van der Waals surface area (Å²) in [7, 11) is 0. The van der Waals surface area contributed by atoms with E-state index in [-0.39, 0.29) is 0 Å². The second-order valence-electron chi connectivity index (χ2n) is 0.773. The molecule has 0 fully saturated rings. The maximum absolute atomic E-state index is 10.6. The fourth-order valence-electron chi connectivity index (χ4n) is 0.0518. The average Bonchev–Trinajstić information content (AvgIpc) is 1.63. The zero-order valence-corrected chi connectivity index (χ0v) is 4.40. The van der Waals surface area contributed by atoms with Crippen LogP contribution in [-0.2, 0) is 9.59 Å². The average molecular weight is 154 g/mol. The molecule has 0 aromatic heterocycles. The molecule has 4 nitrogen and oxygen atoms in total. The second-order valence-corrected chi connectivity index (χ2v) is 0.773. The Hall–Kier alpha value is -1.45. The van der Waals surface area contributed by atoms with Gasteiger partial charge >= 0.3 is 6.30 Å². The molecule has 0 aliphatic carbocycles. The Morgan fingerprint density at radius 2 is 1.60 bits per heavy atom. The Labute approximate surface area is 52.9 Å². The van der Waals surface area contributed by atoms with E-state index in [2.05, 4.69) is 0 Å². The van der Waals surface area contributed by atoms with Crippen molar-refractivity contribution in [3.05, 3.63) is 0 Å². The van der Waals surface area contributed by atoms with E-state index in [1.807, 2.05) is 0 Å². The molecule has 0 atom stereocenters. The highest BCUT2D eigenvalue weighted by atomic mass is 19.4. The molecular formula is C3HF3N2O2. The van der Waals surface area contributed by atoms with Crippen molar-refractivity contribution in [2.75, 3.05) is 0 Å². The monoisotopic (exact) mass is 154 g/mol. The number of isocyanates is 2. The third kappa shape index (κ3) is 31.0. The number of rotatable bonds is 0. The predicted octanol–water partition coefficient (Wildman–Crippen LogP) is 0.743. The lowest BCUT2D eigenvalue weighted by Gasteiger charge is -1.88. The largest absolute Gasteiger partial charge is 0.513 e. The summed E-state index contributed by atoms with van der Waals surface area (Å²) in [5, 5.41) is 5.40. The zero-order chi connectivity index (χ0) is 8.62. The minimum Gasteiger partial charge on any atom is -0.222 e. The molecule has 0 aromatic rings. The Bertz CT molecular complexity index is 163. The molecule has 0 aromatic carbocycles. The van der Waals surface area contributed by atoms with E-state index >= 15 is 0 Å². The Morgan fingerprint density at radius 3 is 1.60 bits per heavy atom. The molecule has 0 radical (unpaired) electrons. The first-order chi connectivity index (χ1) is 4.47. The highest BCUT2D eigenvalue weighted by molar-refractivity contribution is 5.33. The van der Waals surface area contributed by atoms with Crippen LogP contribution in [0.4, 0.5) is 13.2 Å². The van der Waals surface area contributed by atoms with Crippen molar-refractivity contribution in [3.8, 4) is 0 Å². The van der Waals surface area contributed by atoms with Crippen LogP contribution in [0.5, 0.6) is 0 Å². The molecule has 0 unspecified atom stereocenters. The third-order valence-corrected chi connectivity index (χ3v) is 0.172. The van der Waals surface area contributed by atoms with E-state index in [0.29, 0.717) is 6.08 Å². The fraction of sp³-hybridized carbons (Fsp3) is 0.333. The van der Waals surface area contributed by atoms with E-state index in [9.17, 15) is 13.2 Å². The van der Waals surface area contributed by atoms with Crippen LogP contribution in [0.15, 0.2) is 4.99 Å². The van der Waals surface area contributed by atoms with Crippen molar-refractivity contribution < 1.29 is 22.8 Å². The van der Waals surface area contributed by atoms with Gasteiger partial charge in [-0.3, -0.25) is 0 Å². The zero-order valence-electron chi connectivity index (χ0n) is 4.40. The summed E-state index contributed by atoms with van der Waals surface area (Å²) in [6.07, 6.45) is -3.64. The molecule has 56 valence electrons. The number of carbonyl (C=O) groups excluding carboxylic acids is 2. The van der Waals surface area contributed by atoms with Gasteiger partial charge in [0.2, 0.25) is 12.2 Å². The molecule has 0 heterocycles. The smallest absolute Gasteiger partial charge is 0.222 e. The second kappa shape index (κ2) is 5.68. The van der Waals surface area contributed by atoms with Gasteiger partial charge in [-0.25, -0.2) is 15.0 Å². The van der Waals surface area contributed by atoms with Crippen LogP contribution < -0.4 is 0 Å². The van der Waals surface area contributed by atoms with E-state index in [0.717, 1.165) is 6.08 Å². The van der Waals surface area contributed by atoms with Crippen LogP contribution in [0.3, 0.4) is 0 Å². The molecule has 0 saturated carbocycles. The van der Waals surface area contributed by atoms with Crippen molar-refractivity contribution >= 4 is 12.2 Å². The number of alkyl halides is 3. The van der Waals surface area contributed by atoms with E-state index in [1.165, 1.54) is 4.99 Å². The molecule has 0 aliphatic heterocycles. The first kappa shape index (κ1) is 11.4. The summed E-state index contributed by atoms with van der Waals surface area (Å²) < 4.78 is 31.9. The van der Waals surface area contributed by atoms with Gasteiger partial charge in [0.25, 0.3) is 0 Å². The van der Waals surface area contributed by atoms with Crippen LogP contribution >= 0.6 is 0 Å². The van der Waals surface area contributed by atoms with Crippen LogP contribution in [0.1, 0.15) is 0 Å². The molecule has 0 aliphatic rings. The Morgan fingerprint density at radius 1 is 1.30 bits per heavy atom. The minimum absolute atomic E-state index is 0.358. The van der Waals surface area contributed by atoms with E-state index < -0.39 is 6.30 Å². The van der Waals surface area contributed by atoms with Gasteiger partial charge in [-0.1, -0.05) is 0 Å². The Kier molecular flexibility index (Phi) is 6.46. The molecule has 0 rings (SSSR count). The summed E-state index contributed by atoms with van der Waals surface area (Å²) in [4.78, 5) is 18.6. The lowest BCUT2D eigenvalue weighted by atomic mass is 11.2. The van der Waals surface area contributed by atoms with Crippen molar-refractivity contribution in [2.45, 2.75) is 6.30 Å². The third-order valence-electron chi connectivity index (χ3n) is 0.172. The lowest BCUT2D eigenvalue weighted by molar-refractivity contribution is -0.119. The van der Waals surface area contributed by atoms with Gasteiger partial charge in [0.15, 0.2) is 0 Å². The van der Waals surface area contributed by atoms with Crippen molar-refractivity contribution in [3.63, 3.8) is 0 Å². The van der Waals surface area contributed by atoms with E-state index in [1.54, 1.807) is 0 Å². The molecule has 0 bridgehead atoms. The quantitative estimate of drug-likeness (QED) is 0.317. The van der Waals surface area contributed by atoms with E-state index in [4.69, 9.17) is 15.0 Å². The number of nitrogens with one attached hydrogen (secondary N) is 1. The van der Waals surface area contributed by atoms with Crippen LogP contribution in [-0.4, -0.2) is 18.5 Å². The normalized spacial score (nSPS) is 7.90. The SMILES string of the molecule is N=C=O.O=C=NC(F)(F)F. The molecule has 0 spiro atoms. The number of hydrogen-bond donors (Lipinski definition) is 1. The molecule has 0 amide bonds. The van der Waals surface area contributed by atoms with Crippen LogP contribution in [0.25, 0.3) is 0 Å². The number of hydrogen-bond acceptors (Lipinski definition) is 4. The minimum atomic E-state index is -4.75. The van der Waals surface area contributed by atoms with Gasteiger partial charge in [0, 0.05) is 0 Å². The van der Waals surface area contributed by atoms with Gasteiger partial charge in [0.1, 0.15) is 0 Å². The Balaban J connectivity index is 0. The number of nitrogens with zero attached hydrogens (tertiary/aromatic N) is 1. The summed E-state index contributed by atoms with van der Waals surface area (Å²) in [6, 6.07) is 0. The molecule has 1 N–H and O–H groups in total. The first-order valence-corrected chi connectivity index (χ1v) is 1.67. The van der Waals surface area contributed by atoms with Gasteiger partial charge in [0.05, 0.1) is 0 Å². The van der Waals surface area contributed by atoms with Crippen molar-refractivity contribution in [2.24, 2.45) is 4.99 Å². The van der Waals surface area contributed by atoms with Gasteiger partial charge in [-0.2, -0.15) is 0 Å². The molecule has 7 heteroatoms. The van der Waals surface area contributed by atoms with Crippen molar-refractivity contribution in [1.82, 2.24) is 0 Å². The number of halogens is 3. The van der Waals surface area contributed by atoms with Crippen LogP contribution in [0, 0.1) is 5.41 Å². The van der Waals surface area contributed by atoms with Crippen LogP contribution in [0.2, 0.25) is 0 Å². The summed E-state index contributed by atoms with van der Waals surface area (Å²) >= 11 is 0. The summed E-state index contributed by atoms with van der Waals surface area (Å²) in [6.45, 7) is 0. The maximum atomic E-state index is 10.6. The topological polar surface area (TPSA) is 70.3 Å². The summed E-state index contributed by atoms with van der Waals surface area (Å²) in [5.74, 6) is 0. The highest BCUT2D eigenvalue weighted by Gasteiger charge is 2.25. The molecular weight excluding hydrogens is 153 g/mol. The number of aliphatic imine (C=N–C) groups is 1. The van der Waals surface area contributed by atoms with Gasteiger partial charge in [-0.15, -0.1) is 18.2 Å².